The second-order valence-corrected chi connectivity index (χ2v) is 18.7. The van der Waals surface area contributed by atoms with Crippen LogP contribution >= 0.6 is 0 Å². The number of nitrogens with zero attached hydrogens (tertiary/aromatic N) is 2. The van der Waals surface area contributed by atoms with Gasteiger partial charge in [0.15, 0.2) is 46.8 Å². The van der Waals surface area contributed by atoms with E-state index < -0.39 is 34.2 Å². The fourth-order valence-electron chi connectivity index (χ4n) is 13.5. The normalized spacial score (nSPS) is 41.3. The van der Waals surface area contributed by atoms with Crippen LogP contribution in [-0.4, -0.2) is 114 Å². The van der Waals surface area contributed by atoms with Crippen LogP contribution in [0.25, 0.3) is 0 Å². The molecule has 4 bridgehead atoms. The molecule has 2 spiro atoms. The Balaban J connectivity index is 0.000000131. The average molecular weight is 815 g/mol. The second-order valence-electron chi connectivity index (χ2n) is 18.7. The fraction of sp³-hybridized carbons (Fsp3) is 0.674. The van der Waals surface area contributed by atoms with Gasteiger partial charge in [0, 0.05) is 88.0 Å². The zero-order chi connectivity index (χ0) is 36.3. The van der Waals surface area contributed by atoms with Crippen LogP contribution in [0.5, 0.6) is 23.0 Å². The smallest absolute Gasteiger partial charge is 0.174 e. The number of Topliss-reactive ketones (excluding diaryl/α,β-unsaturated/α-hetero) is 2. The van der Waals surface area contributed by atoms with E-state index in [1.54, 1.807) is 14.2 Å². The van der Waals surface area contributed by atoms with Crippen molar-refractivity contribution in [1.29, 1.82) is 0 Å². The summed E-state index contributed by atoms with van der Waals surface area (Å²) in [5, 5.41) is 24.4. The number of ether oxygens (including phenoxy) is 4. The van der Waals surface area contributed by atoms with Crippen LogP contribution in [0.15, 0.2) is 24.3 Å². The van der Waals surface area contributed by atoms with E-state index in [-0.39, 0.29) is 56.4 Å². The van der Waals surface area contributed by atoms with Gasteiger partial charge in [-0.3, -0.25) is 14.5 Å². The Labute approximate surface area is 342 Å². The number of piperidine rings is 2. The Hall–Kier alpha value is -2.08. The standard InChI is InChI=1S/C22H28NO4.C21H25NO4.Y/c1-23(12-13-3-4-13)10-9-21-18-14-5-6-16(26-2)19(18)27-20(21)15(24)7-8-22(21,25)17(23)11-14;1-25-15-5-4-13-10-16-21(24)7-6-14(23)19-20(21,17(13)18(15)26-19)8-9-22(16)11-12-2-3-12;/h5-6,13,17,20,25H,3-4,7-12H2,1-2H3;4-5,12,16,19,24H,2-3,6-11H2,1H3;/q+1;;. The van der Waals surface area contributed by atoms with Gasteiger partial charge in [-0.05, 0) is 87.1 Å². The summed E-state index contributed by atoms with van der Waals surface area (Å²) in [6.07, 6.45) is 9.39. The number of carbonyl (C=O) groups excluding carboxylic acids is 2. The summed E-state index contributed by atoms with van der Waals surface area (Å²) < 4.78 is 24.6. The Morgan fingerprint density at radius 2 is 1.33 bits per heavy atom. The number of methoxy groups -OCH3 is 2. The van der Waals surface area contributed by atoms with Gasteiger partial charge in [-0.2, -0.15) is 0 Å². The maximum absolute atomic E-state index is 12.9. The summed E-state index contributed by atoms with van der Waals surface area (Å²) in [6, 6.07) is 8.41. The van der Waals surface area contributed by atoms with Crippen molar-refractivity contribution in [1.82, 2.24) is 4.90 Å². The monoisotopic (exact) mass is 814 g/mol. The SMILES string of the molecule is COc1ccc2c3c1OC1C(=O)CCC4(O)C(C2)N(CC2CC2)CCC314.COc1ccc2c3c1OC1C(=O)CCC4(O)C(C2)[N+](C)(CC2CC2)CCC314.[Y]. The fourth-order valence-corrected chi connectivity index (χ4v) is 13.5. The summed E-state index contributed by atoms with van der Waals surface area (Å²) in [7, 11) is 5.62. The van der Waals surface area contributed by atoms with Crippen LogP contribution in [0.4, 0.5) is 0 Å². The van der Waals surface area contributed by atoms with Gasteiger partial charge >= 0.3 is 0 Å². The van der Waals surface area contributed by atoms with Gasteiger partial charge in [0.25, 0.3) is 0 Å². The molecule has 4 aliphatic heterocycles. The first-order valence-electron chi connectivity index (χ1n) is 20.3. The molecule has 6 fully saturated rings. The van der Waals surface area contributed by atoms with Crippen molar-refractivity contribution in [2.24, 2.45) is 11.8 Å². The summed E-state index contributed by atoms with van der Waals surface area (Å²) in [5.74, 6) is 4.66. The Morgan fingerprint density at radius 1 is 0.778 bits per heavy atom. The molecule has 10 nitrogen and oxygen atoms in total. The van der Waals surface area contributed by atoms with E-state index in [4.69, 9.17) is 18.9 Å². The van der Waals surface area contributed by atoms with Gasteiger partial charge in [-0.25, -0.2) is 0 Å². The minimum atomic E-state index is -0.886. The first-order valence-corrected chi connectivity index (χ1v) is 20.3. The zero-order valence-electron chi connectivity index (χ0n) is 31.9. The van der Waals surface area contributed by atoms with E-state index in [0.717, 1.165) is 79.3 Å². The van der Waals surface area contributed by atoms with Crippen molar-refractivity contribution in [3.05, 3.63) is 46.5 Å². The van der Waals surface area contributed by atoms with E-state index in [0.29, 0.717) is 48.7 Å². The molecule has 0 aromatic heterocycles. The van der Waals surface area contributed by atoms with Gasteiger partial charge < -0.3 is 33.6 Å². The molecule has 0 amide bonds. The number of hydrogen-bond donors (Lipinski definition) is 2. The van der Waals surface area contributed by atoms with E-state index in [9.17, 15) is 19.8 Å². The van der Waals surface area contributed by atoms with Crippen LogP contribution in [-0.2, 0) is 66.0 Å². The molecule has 2 N–H and O–H groups in total. The van der Waals surface area contributed by atoms with E-state index in [2.05, 4.69) is 24.1 Å². The molecule has 10 aliphatic rings. The number of quaternary nitrogens is 1. The van der Waals surface area contributed by atoms with Crippen molar-refractivity contribution < 1.29 is 75.9 Å². The number of likely N-dealkylation sites (tertiary alicyclic amines) is 2. The second kappa shape index (κ2) is 12.0. The average Bonchev–Trinajstić information content (AvgIpc) is 4.07. The molecule has 54 heavy (non-hydrogen) atoms. The van der Waals surface area contributed by atoms with Crippen LogP contribution < -0.4 is 18.9 Å². The first-order chi connectivity index (χ1) is 25.5. The topological polar surface area (TPSA) is 115 Å². The van der Waals surface area contributed by atoms with Crippen LogP contribution in [0, 0.1) is 11.8 Å². The molecule has 2 aromatic carbocycles. The molecule has 4 heterocycles. The number of carbonyl (C=O) groups is 2. The van der Waals surface area contributed by atoms with Gasteiger partial charge in [-0.1, -0.05) is 12.1 Å². The number of benzene rings is 2. The molecule has 9 atom stereocenters. The van der Waals surface area contributed by atoms with Crippen LogP contribution in [0.1, 0.15) is 86.5 Å². The zero-order valence-corrected chi connectivity index (χ0v) is 34.7. The molecule has 6 aliphatic carbocycles. The molecular weight excluding hydrogens is 761 g/mol. The minimum absolute atomic E-state index is 0. The molecule has 11 heteroatoms. The maximum Gasteiger partial charge on any atom is 0.174 e. The van der Waals surface area contributed by atoms with Gasteiger partial charge in [0.05, 0.1) is 50.8 Å². The molecule has 2 aromatic rings. The summed E-state index contributed by atoms with van der Waals surface area (Å²) in [6.45, 7) is 4.18. The maximum atomic E-state index is 12.9. The Bertz CT molecular complexity index is 1970. The van der Waals surface area contributed by atoms with Crippen LogP contribution in [0.2, 0.25) is 0 Å². The van der Waals surface area contributed by atoms with Crippen LogP contribution in [0.3, 0.4) is 0 Å². The van der Waals surface area contributed by atoms with E-state index in [1.807, 2.05) is 12.1 Å². The largest absolute Gasteiger partial charge is 0.493 e. The minimum Gasteiger partial charge on any atom is -0.493 e. The quantitative estimate of drug-likeness (QED) is 0.421. The third-order valence-corrected chi connectivity index (χ3v) is 16.2. The molecule has 2 saturated heterocycles. The van der Waals surface area contributed by atoms with Crippen molar-refractivity contribution in [2.45, 2.75) is 123 Å². The molecule has 1 radical (unpaired) electrons. The third-order valence-electron chi connectivity index (χ3n) is 16.2. The number of ketones is 2. The van der Waals surface area contributed by atoms with Gasteiger partial charge in [0.2, 0.25) is 0 Å². The predicted octanol–water partition coefficient (Wildman–Crippen LogP) is 3.80. The van der Waals surface area contributed by atoms with Crippen molar-refractivity contribution >= 4 is 11.6 Å². The number of hydrogen-bond acceptors (Lipinski definition) is 9. The number of rotatable bonds is 6. The van der Waals surface area contributed by atoms with Crippen molar-refractivity contribution in [3.8, 4) is 23.0 Å². The summed E-state index contributed by atoms with van der Waals surface area (Å²) in [4.78, 5) is 28.3. The number of likely N-dealkylation sites (N-methyl/N-ethyl adjacent to an activating group) is 1. The summed E-state index contributed by atoms with van der Waals surface area (Å²) >= 11 is 0. The van der Waals surface area contributed by atoms with Crippen molar-refractivity contribution in [3.63, 3.8) is 0 Å². The van der Waals surface area contributed by atoms with Gasteiger partial charge in [-0.15, -0.1) is 0 Å². The Morgan fingerprint density at radius 3 is 1.91 bits per heavy atom. The summed E-state index contributed by atoms with van der Waals surface area (Å²) in [5.41, 5.74) is 1.68. The first kappa shape index (κ1) is 36.3. The molecule has 12 rings (SSSR count). The Kier molecular flexibility index (Phi) is 8.05. The molecule has 285 valence electrons. The molecule has 4 saturated carbocycles. The molecular formula is C43H53N2O8Y+. The van der Waals surface area contributed by atoms with Crippen molar-refractivity contribution in [2.75, 3.05) is 47.4 Å². The van der Waals surface area contributed by atoms with Gasteiger partial charge in [0.1, 0.15) is 11.6 Å². The predicted molar refractivity (Wildman–Crippen MR) is 194 cm³/mol. The van der Waals surface area contributed by atoms with E-state index >= 15 is 0 Å². The number of aliphatic hydroxyl groups is 2. The van der Waals surface area contributed by atoms with E-state index in [1.165, 1.54) is 36.8 Å². The molecule has 9 unspecified atom stereocenters. The third kappa shape index (κ3) is 4.45.